The van der Waals surface area contributed by atoms with Gasteiger partial charge in [0.25, 0.3) is 5.56 Å². The number of rotatable bonds is 5. The minimum Gasteiger partial charge on any atom is -0.481 e. The molecule has 1 aromatic rings. The van der Waals surface area contributed by atoms with Crippen molar-refractivity contribution in [3.63, 3.8) is 0 Å². The molecule has 0 aliphatic carbocycles. The Balaban J connectivity index is 2.37. The molecule has 1 atom stereocenters. The number of aromatic nitrogens is 1. The molecule has 2 heterocycles. The molecule has 1 fully saturated rings. The first kappa shape index (κ1) is 16.7. The number of pyridine rings is 1. The number of aliphatic carboxylic acids is 1. The third-order valence-electron chi connectivity index (χ3n) is 4.04. The highest BCUT2D eigenvalue weighted by Gasteiger charge is 2.24. The van der Waals surface area contributed by atoms with Gasteiger partial charge >= 0.3 is 5.97 Å². The van der Waals surface area contributed by atoms with E-state index in [2.05, 4.69) is 20.8 Å². The Kier molecular flexibility index (Phi) is 5.06. The highest BCUT2D eigenvalue weighted by molar-refractivity contribution is 5.67. The van der Waals surface area contributed by atoms with Gasteiger partial charge in [0.1, 0.15) is 0 Å². The Hall–Kier alpha value is -1.62. The molecule has 0 saturated carbocycles. The smallest absolute Gasteiger partial charge is 0.303 e. The van der Waals surface area contributed by atoms with Gasteiger partial charge in [-0.05, 0) is 25.3 Å². The summed E-state index contributed by atoms with van der Waals surface area (Å²) in [6.07, 6.45) is 2.32. The molecule has 0 amide bonds. The fourth-order valence-electron chi connectivity index (χ4n) is 2.88. The lowest BCUT2D eigenvalue weighted by Crippen LogP contribution is -2.35. The van der Waals surface area contributed by atoms with E-state index >= 15 is 0 Å². The summed E-state index contributed by atoms with van der Waals surface area (Å²) in [7, 11) is 0. The highest BCUT2D eigenvalue weighted by atomic mass is 16.5. The molecule has 0 bridgehead atoms. The van der Waals surface area contributed by atoms with Crippen LogP contribution in [0.4, 0.5) is 0 Å². The minimum absolute atomic E-state index is 0.0238. The molecule has 0 aromatic carbocycles. The molecular formula is C17H25NO4. The summed E-state index contributed by atoms with van der Waals surface area (Å²) in [5.41, 5.74) is 1.30. The second kappa shape index (κ2) is 6.65. The maximum absolute atomic E-state index is 12.8. The number of ether oxygens (including phenoxy) is 1. The first-order valence-corrected chi connectivity index (χ1v) is 7.85. The predicted octanol–water partition coefficient (Wildman–Crippen LogP) is 2.34. The fraction of sp³-hybridized carbons (Fsp3) is 0.647. The third-order valence-corrected chi connectivity index (χ3v) is 4.04. The minimum atomic E-state index is -0.884. The average Bonchev–Trinajstić information content (AvgIpc) is 2.91. The van der Waals surface area contributed by atoms with Crippen LogP contribution >= 0.6 is 0 Å². The summed E-state index contributed by atoms with van der Waals surface area (Å²) in [5, 5.41) is 8.82. The van der Waals surface area contributed by atoms with Gasteiger partial charge in [-0.2, -0.15) is 0 Å². The molecule has 1 aromatic heterocycles. The molecular weight excluding hydrogens is 282 g/mol. The van der Waals surface area contributed by atoms with Crippen LogP contribution in [0.15, 0.2) is 16.9 Å². The van der Waals surface area contributed by atoms with Gasteiger partial charge in [0, 0.05) is 29.7 Å². The van der Waals surface area contributed by atoms with E-state index < -0.39 is 5.97 Å². The normalized spacial score (nSPS) is 18.6. The summed E-state index contributed by atoms with van der Waals surface area (Å²) >= 11 is 0. The molecule has 0 radical (unpaired) electrons. The SMILES string of the molecule is CC(C)(C)c1ccc(CCC(=O)O)c(=O)n1CC1CCCO1. The molecule has 5 heteroatoms. The number of carbonyl (C=O) groups is 1. The van der Waals surface area contributed by atoms with Crippen molar-refractivity contribution >= 4 is 5.97 Å². The Morgan fingerprint density at radius 1 is 1.41 bits per heavy atom. The van der Waals surface area contributed by atoms with Gasteiger partial charge in [-0.25, -0.2) is 0 Å². The van der Waals surface area contributed by atoms with Gasteiger partial charge < -0.3 is 14.4 Å². The van der Waals surface area contributed by atoms with Crippen LogP contribution in [0.2, 0.25) is 0 Å². The van der Waals surface area contributed by atoms with Gasteiger partial charge in [0.2, 0.25) is 0 Å². The lowest BCUT2D eigenvalue weighted by molar-refractivity contribution is -0.136. The van der Waals surface area contributed by atoms with E-state index in [-0.39, 0.29) is 29.9 Å². The molecule has 2 rings (SSSR count). The summed E-state index contributed by atoms with van der Waals surface area (Å²) in [5.74, 6) is -0.884. The Morgan fingerprint density at radius 2 is 2.14 bits per heavy atom. The zero-order valence-corrected chi connectivity index (χ0v) is 13.6. The Morgan fingerprint density at radius 3 is 2.68 bits per heavy atom. The molecule has 22 heavy (non-hydrogen) atoms. The van der Waals surface area contributed by atoms with Crippen molar-refractivity contribution in [2.75, 3.05) is 6.61 Å². The Labute approximate surface area is 130 Å². The van der Waals surface area contributed by atoms with E-state index in [1.807, 2.05) is 6.07 Å². The van der Waals surface area contributed by atoms with Gasteiger partial charge in [-0.1, -0.05) is 26.8 Å². The molecule has 1 aliphatic heterocycles. The molecule has 122 valence electrons. The zero-order chi connectivity index (χ0) is 16.3. The van der Waals surface area contributed by atoms with Crippen molar-refractivity contribution in [3.8, 4) is 0 Å². The molecule has 1 unspecified atom stereocenters. The number of hydrogen-bond acceptors (Lipinski definition) is 3. The average molecular weight is 307 g/mol. The van der Waals surface area contributed by atoms with Gasteiger partial charge in [0.05, 0.1) is 12.6 Å². The van der Waals surface area contributed by atoms with Crippen molar-refractivity contribution < 1.29 is 14.6 Å². The monoisotopic (exact) mass is 307 g/mol. The molecule has 5 nitrogen and oxygen atoms in total. The van der Waals surface area contributed by atoms with Gasteiger partial charge in [0.15, 0.2) is 0 Å². The lowest BCUT2D eigenvalue weighted by Gasteiger charge is -2.26. The predicted molar refractivity (Wildman–Crippen MR) is 84.3 cm³/mol. The van der Waals surface area contributed by atoms with E-state index in [1.54, 1.807) is 10.6 Å². The van der Waals surface area contributed by atoms with Crippen LogP contribution in [-0.2, 0) is 27.9 Å². The van der Waals surface area contributed by atoms with Crippen LogP contribution in [0.1, 0.15) is 51.3 Å². The van der Waals surface area contributed by atoms with Crippen LogP contribution in [0.3, 0.4) is 0 Å². The van der Waals surface area contributed by atoms with Crippen LogP contribution < -0.4 is 5.56 Å². The largest absolute Gasteiger partial charge is 0.481 e. The molecule has 1 saturated heterocycles. The summed E-state index contributed by atoms with van der Waals surface area (Å²) < 4.78 is 7.45. The molecule has 0 spiro atoms. The van der Waals surface area contributed by atoms with Crippen molar-refractivity contribution in [1.29, 1.82) is 0 Å². The Bertz CT molecular complexity index is 592. The van der Waals surface area contributed by atoms with Crippen molar-refractivity contribution in [3.05, 3.63) is 33.7 Å². The quantitative estimate of drug-likeness (QED) is 0.906. The second-order valence-electron chi connectivity index (χ2n) is 6.94. The summed E-state index contributed by atoms with van der Waals surface area (Å²) in [6, 6.07) is 3.73. The second-order valence-corrected chi connectivity index (χ2v) is 6.94. The number of aryl methyl sites for hydroxylation is 1. The standard InChI is InChI=1S/C17H25NO4/c1-17(2,3)14-8-6-12(7-9-15(19)20)16(21)18(14)11-13-5-4-10-22-13/h6,8,13H,4-5,7,9-11H2,1-3H3,(H,19,20). The van der Waals surface area contributed by atoms with Gasteiger partial charge in [-0.15, -0.1) is 0 Å². The summed E-state index contributed by atoms with van der Waals surface area (Å²) in [6.45, 7) is 7.52. The van der Waals surface area contributed by atoms with E-state index in [0.29, 0.717) is 12.1 Å². The third kappa shape index (κ3) is 3.97. The van der Waals surface area contributed by atoms with Crippen molar-refractivity contribution in [2.24, 2.45) is 0 Å². The highest BCUT2D eigenvalue weighted by Crippen LogP contribution is 2.23. The molecule has 1 aliphatic rings. The first-order chi connectivity index (χ1) is 10.3. The fourth-order valence-corrected chi connectivity index (χ4v) is 2.88. The number of hydrogen-bond donors (Lipinski definition) is 1. The lowest BCUT2D eigenvalue weighted by atomic mass is 9.90. The molecule has 1 N–H and O–H groups in total. The van der Waals surface area contributed by atoms with E-state index in [0.717, 1.165) is 25.1 Å². The maximum atomic E-state index is 12.8. The van der Waals surface area contributed by atoms with Crippen molar-refractivity contribution in [2.45, 2.75) is 64.5 Å². The van der Waals surface area contributed by atoms with Crippen LogP contribution in [0.25, 0.3) is 0 Å². The zero-order valence-electron chi connectivity index (χ0n) is 13.6. The number of nitrogens with zero attached hydrogens (tertiary/aromatic N) is 1. The van der Waals surface area contributed by atoms with E-state index in [9.17, 15) is 9.59 Å². The van der Waals surface area contributed by atoms with Crippen LogP contribution in [0.5, 0.6) is 0 Å². The number of carboxylic acids is 1. The first-order valence-electron chi connectivity index (χ1n) is 7.85. The van der Waals surface area contributed by atoms with E-state index in [4.69, 9.17) is 9.84 Å². The van der Waals surface area contributed by atoms with Crippen LogP contribution in [-0.4, -0.2) is 28.4 Å². The van der Waals surface area contributed by atoms with E-state index in [1.165, 1.54) is 0 Å². The maximum Gasteiger partial charge on any atom is 0.303 e. The number of carboxylic acid groups (broad SMARTS) is 1. The summed E-state index contributed by atoms with van der Waals surface area (Å²) in [4.78, 5) is 23.5. The van der Waals surface area contributed by atoms with Crippen molar-refractivity contribution in [1.82, 2.24) is 4.57 Å². The van der Waals surface area contributed by atoms with Crippen LogP contribution in [0, 0.1) is 0 Å². The topological polar surface area (TPSA) is 68.5 Å². The van der Waals surface area contributed by atoms with Gasteiger partial charge in [-0.3, -0.25) is 9.59 Å².